The number of nitriles is 2. The molecule has 0 saturated carbocycles. The molecule has 0 aliphatic carbocycles. The van der Waals surface area contributed by atoms with Crippen LogP contribution in [0.5, 0.6) is 0 Å². The van der Waals surface area contributed by atoms with Crippen LogP contribution < -0.4 is 4.90 Å². The fourth-order valence-corrected chi connectivity index (χ4v) is 1.45. The Hall–Kier alpha value is -2.07. The van der Waals surface area contributed by atoms with Gasteiger partial charge in [0.15, 0.2) is 0 Å². The molecule has 0 atom stereocenters. The second kappa shape index (κ2) is 5.72. The van der Waals surface area contributed by atoms with Crippen molar-refractivity contribution in [3.05, 3.63) is 29.6 Å². The maximum atomic E-state index is 13.4. The summed E-state index contributed by atoms with van der Waals surface area (Å²) < 4.78 is 13.4. The number of halogens is 1. The Labute approximate surface area is 94.3 Å². The fraction of sp³-hybridized carbons (Fsp3) is 0.333. The van der Waals surface area contributed by atoms with E-state index in [9.17, 15) is 4.39 Å². The van der Waals surface area contributed by atoms with Crippen molar-refractivity contribution in [3.8, 4) is 12.1 Å². The van der Waals surface area contributed by atoms with Gasteiger partial charge in [0.1, 0.15) is 11.9 Å². The molecule has 0 radical (unpaired) electrons. The lowest BCUT2D eigenvalue weighted by atomic mass is 10.2. The maximum absolute atomic E-state index is 13.4. The average Bonchev–Trinajstić information content (AvgIpc) is 2.30. The lowest BCUT2D eigenvalue weighted by Crippen LogP contribution is -2.23. The molecule has 0 spiro atoms. The number of benzene rings is 1. The van der Waals surface area contributed by atoms with E-state index in [0.29, 0.717) is 25.2 Å². The highest BCUT2D eigenvalue weighted by Gasteiger charge is 2.07. The highest BCUT2D eigenvalue weighted by Crippen LogP contribution is 2.18. The number of anilines is 1. The van der Waals surface area contributed by atoms with E-state index in [4.69, 9.17) is 10.5 Å². The fourth-order valence-electron chi connectivity index (χ4n) is 1.45. The SMILES string of the molecule is CCN(CCC#N)c1ccc(C#N)c(F)c1. The second-order valence-electron chi connectivity index (χ2n) is 3.26. The molecule has 0 aliphatic heterocycles. The summed E-state index contributed by atoms with van der Waals surface area (Å²) in [5.74, 6) is -0.518. The largest absolute Gasteiger partial charge is 0.371 e. The first kappa shape index (κ1) is 12.0. The van der Waals surface area contributed by atoms with Crippen LogP contribution in [0, 0.1) is 28.5 Å². The van der Waals surface area contributed by atoms with E-state index < -0.39 is 5.82 Å². The van der Waals surface area contributed by atoms with E-state index in [1.807, 2.05) is 11.8 Å². The van der Waals surface area contributed by atoms with Crippen molar-refractivity contribution >= 4 is 5.69 Å². The molecule has 0 saturated heterocycles. The third-order valence-electron chi connectivity index (χ3n) is 2.31. The summed E-state index contributed by atoms with van der Waals surface area (Å²) in [6.07, 6.45) is 0.398. The first-order valence-corrected chi connectivity index (χ1v) is 5.04. The van der Waals surface area contributed by atoms with E-state index in [-0.39, 0.29) is 5.56 Å². The Morgan fingerprint density at radius 1 is 1.38 bits per heavy atom. The van der Waals surface area contributed by atoms with Gasteiger partial charge in [-0.3, -0.25) is 0 Å². The van der Waals surface area contributed by atoms with Crippen LogP contribution in [0.1, 0.15) is 18.9 Å². The quantitative estimate of drug-likeness (QED) is 0.778. The molecule has 0 heterocycles. The van der Waals surface area contributed by atoms with Crippen LogP contribution in [-0.4, -0.2) is 13.1 Å². The van der Waals surface area contributed by atoms with Crippen LogP contribution in [0.25, 0.3) is 0 Å². The summed E-state index contributed by atoms with van der Waals surface area (Å²) in [6.45, 7) is 3.21. The highest BCUT2D eigenvalue weighted by molar-refractivity contribution is 5.50. The van der Waals surface area contributed by atoms with Gasteiger partial charge in [-0.15, -0.1) is 0 Å². The van der Waals surface area contributed by atoms with E-state index in [1.165, 1.54) is 12.1 Å². The van der Waals surface area contributed by atoms with Crippen molar-refractivity contribution in [2.24, 2.45) is 0 Å². The highest BCUT2D eigenvalue weighted by atomic mass is 19.1. The Morgan fingerprint density at radius 2 is 2.12 bits per heavy atom. The normalized spacial score (nSPS) is 9.25. The molecule has 0 unspecified atom stereocenters. The standard InChI is InChI=1S/C12H12FN3/c1-2-16(7-3-6-14)11-5-4-10(9-15)12(13)8-11/h4-5,8H,2-3,7H2,1H3. The van der Waals surface area contributed by atoms with E-state index in [0.717, 1.165) is 0 Å². The Bertz CT molecular complexity index is 443. The third-order valence-corrected chi connectivity index (χ3v) is 2.31. The third kappa shape index (κ3) is 2.71. The van der Waals surface area contributed by atoms with Gasteiger partial charge in [-0.25, -0.2) is 4.39 Å². The molecule has 82 valence electrons. The van der Waals surface area contributed by atoms with Gasteiger partial charge in [0.05, 0.1) is 18.1 Å². The van der Waals surface area contributed by atoms with Gasteiger partial charge in [0.2, 0.25) is 0 Å². The predicted octanol–water partition coefficient (Wildman–Crippen LogP) is 2.44. The Morgan fingerprint density at radius 3 is 2.62 bits per heavy atom. The van der Waals surface area contributed by atoms with Gasteiger partial charge >= 0.3 is 0 Å². The van der Waals surface area contributed by atoms with Crippen LogP contribution in [0.3, 0.4) is 0 Å². The van der Waals surface area contributed by atoms with Gasteiger partial charge in [0, 0.05) is 18.8 Å². The lowest BCUT2D eigenvalue weighted by molar-refractivity contribution is 0.622. The Kier molecular flexibility index (Phi) is 4.29. The smallest absolute Gasteiger partial charge is 0.143 e. The molecule has 0 amide bonds. The molecular formula is C12H12FN3. The summed E-state index contributed by atoms with van der Waals surface area (Å²) in [6, 6.07) is 8.32. The predicted molar refractivity (Wildman–Crippen MR) is 59.2 cm³/mol. The summed E-state index contributed by atoms with van der Waals surface area (Å²) in [5, 5.41) is 17.1. The van der Waals surface area contributed by atoms with Crippen LogP contribution in [0.2, 0.25) is 0 Å². The number of hydrogen-bond acceptors (Lipinski definition) is 3. The molecule has 1 aromatic rings. The minimum Gasteiger partial charge on any atom is -0.371 e. The first-order valence-electron chi connectivity index (χ1n) is 5.04. The first-order chi connectivity index (χ1) is 7.72. The summed E-state index contributed by atoms with van der Waals surface area (Å²) >= 11 is 0. The van der Waals surface area contributed by atoms with Crippen molar-refractivity contribution in [2.45, 2.75) is 13.3 Å². The minimum absolute atomic E-state index is 0.0417. The van der Waals surface area contributed by atoms with Gasteiger partial charge in [-0.1, -0.05) is 0 Å². The molecular weight excluding hydrogens is 205 g/mol. The summed E-state index contributed by atoms with van der Waals surface area (Å²) in [4.78, 5) is 1.90. The number of hydrogen-bond donors (Lipinski definition) is 0. The molecule has 16 heavy (non-hydrogen) atoms. The van der Waals surface area contributed by atoms with Gasteiger partial charge in [-0.05, 0) is 25.1 Å². The van der Waals surface area contributed by atoms with Crippen molar-refractivity contribution in [1.29, 1.82) is 10.5 Å². The summed E-state index contributed by atoms with van der Waals surface area (Å²) in [5.41, 5.74) is 0.745. The molecule has 1 aromatic carbocycles. The average molecular weight is 217 g/mol. The zero-order valence-corrected chi connectivity index (χ0v) is 9.07. The number of rotatable bonds is 4. The zero-order chi connectivity index (χ0) is 12.0. The van der Waals surface area contributed by atoms with Crippen LogP contribution in [0.15, 0.2) is 18.2 Å². The maximum Gasteiger partial charge on any atom is 0.143 e. The molecule has 0 aromatic heterocycles. The number of nitrogens with zero attached hydrogens (tertiary/aromatic N) is 3. The van der Waals surface area contributed by atoms with Gasteiger partial charge in [0.25, 0.3) is 0 Å². The minimum atomic E-state index is -0.518. The topological polar surface area (TPSA) is 50.8 Å². The van der Waals surface area contributed by atoms with Crippen LogP contribution in [-0.2, 0) is 0 Å². The molecule has 0 aliphatic rings. The van der Waals surface area contributed by atoms with Gasteiger partial charge < -0.3 is 4.90 Å². The van der Waals surface area contributed by atoms with Crippen molar-refractivity contribution in [2.75, 3.05) is 18.0 Å². The van der Waals surface area contributed by atoms with E-state index in [1.54, 1.807) is 12.1 Å². The van der Waals surface area contributed by atoms with Crippen LogP contribution in [0.4, 0.5) is 10.1 Å². The molecule has 0 fully saturated rings. The van der Waals surface area contributed by atoms with Crippen molar-refractivity contribution in [1.82, 2.24) is 0 Å². The van der Waals surface area contributed by atoms with E-state index in [2.05, 4.69) is 6.07 Å². The molecule has 1 rings (SSSR count). The molecule has 0 bridgehead atoms. The zero-order valence-electron chi connectivity index (χ0n) is 9.07. The van der Waals surface area contributed by atoms with Crippen molar-refractivity contribution in [3.63, 3.8) is 0 Å². The summed E-state index contributed by atoms with van der Waals surface area (Å²) in [7, 11) is 0. The second-order valence-corrected chi connectivity index (χ2v) is 3.26. The van der Waals surface area contributed by atoms with Crippen LogP contribution >= 0.6 is 0 Å². The molecule has 0 N–H and O–H groups in total. The van der Waals surface area contributed by atoms with Crippen molar-refractivity contribution < 1.29 is 4.39 Å². The monoisotopic (exact) mass is 217 g/mol. The van der Waals surface area contributed by atoms with E-state index >= 15 is 0 Å². The van der Waals surface area contributed by atoms with Gasteiger partial charge in [-0.2, -0.15) is 10.5 Å². The molecule has 3 nitrogen and oxygen atoms in total. The lowest BCUT2D eigenvalue weighted by Gasteiger charge is -2.21. The Balaban J connectivity index is 2.91. The molecule has 4 heteroatoms.